The summed E-state index contributed by atoms with van der Waals surface area (Å²) in [5.41, 5.74) is 3.54. The molecular weight excluding hydrogens is 462 g/mol. The zero-order valence-electron chi connectivity index (χ0n) is 21.6. The number of nitrogens with zero attached hydrogens (tertiary/aromatic N) is 2. The second-order valence-electron chi connectivity index (χ2n) is 8.95. The second-order valence-corrected chi connectivity index (χ2v) is 10.9. The van der Waals surface area contributed by atoms with E-state index in [4.69, 9.17) is 0 Å². The molecule has 1 atom stereocenters. The number of hydrogen-bond donors (Lipinski definition) is 1. The second kappa shape index (κ2) is 13.3. The number of sulfonamides is 1. The van der Waals surface area contributed by atoms with Crippen LogP contribution in [-0.2, 0) is 26.2 Å². The fourth-order valence-corrected chi connectivity index (χ4v) is 5.02. The Labute approximate surface area is 210 Å². The smallest absolute Gasteiger partial charge is 0.242 e. The molecule has 8 heteroatoms. The van der Waals surface area contributed by atoms with E-state index >= 15 is 0 Å². The summed E-state index contributed by atoms with van der Waals surface area (Å²) < 4.78 is 26.3. The van der Waals surface area contributed by atoms with Crippen LogP contribution in [0.1, 0.15) is 56.2 Å². The van der Waals surface area contributed by atoms with Crippen LogP contribution in [0.25, 0.3) is 0 Å². The maximum absolute atomic E-state index is 13.4. The molecule has 0 heterocycles. The Kier molecular flexibility index (Phi) is 10.8. The molecular formula is C27H39N3O4S. The van der Waals surface area contributed by atoms with Crippen LogP contribution in [0.5, 0.6) is 0 Å². The van der Waals surface area contributed by atoms with Crippen LogP contribution in [0.3, 0.4) is 0 Å². The summed E-state index contributed by atoms with van der Waals surface area (Å²) in [5, 5.41) is 2.92. The van der Waals surface area contributed by atoms with Gasteiger partial charge in [0.2, 0.25) is 21.8 Å². The minimum atomic E-state index is -3.51. The van der Waals surface area contributed by atoms with Gasteiger partial charge in [-0.15, -0.1) is 0 Å². The van der Waals surface area contributed by atoms with E-state index in [9.17, 15) is 18.0 Å². The van der Waals surface area contributed by atoms with Gasteiger partial charge in [0.1, 0.15) is 6.04 Å². The van der Waals surface area contributed by atoms with Crippen LogP contribution in [0.15, 0.2) is 48.5 Å². The number of hydrogen-bond acceptors (Lipinski definition) is 4. The molecule has 0 saturated heterocycles. The summed E-state index contributed by atoms with van der Waals surface area (Å²) in [6.07, 6.45) is 2.97. The van der Waals surface area contributed by atoms with E-state index in [0.717, 1.165) is 23.1 Å². The summed E-state index contributed by atoms with van der Waals surface area (Å²) in [5.74, 6) is -0.324. The van der Waals surface area contributed by atoms with Crippen molar-refractivity contribution in [2.24, 2.45) is 0 Å². The predicted molar refractivity (Wildman–Crippen MR) is 142 cm³/mol. The van der Waals surface area contributed by atoms with Gasteiger partial charge in [-0.1, -0.05) is 61.9 Å². The first-order valence-electron chi connectivity index (χ1n) is 12.2. The molecule has 2 aromatic carbocycles. The van der Waals surface area contributed by atoms with Crippen LogP contribution in [0.2, 0.25) is 0 Å². The number of aryl methyl sites for hydroxylation is 2. The minimum Gasteiger partial charge on any atom is -0.354 e. The number of amides is 2. The first-order chi connectivity index (χ1) is 16.6. The van der Waals surface area contributed by atoms with Crippen molar-refractivity contribution in [3.05, 3.63) is 65.2 Å². The summed E-state index contributed by atoms with van der Waals surface area (Å²) in [6.45, 7) is 8.82. The van der Waals surface area contributed by atoms with E-state index in [2.05, 4.69) is 5.32 Å². The molecule has 0 bridgehead atoms. The fraction of sp³-hybridized carbons (Fsp3) is 0.481. The Morgan fingerprint density at radius 2 is 1.66 bits per heavy atom. The number of para-hydroxylation sites is 1. The first kappa shape index (κ1) is 28.4. The monoisotopic (exact) mass is 501 g/mol. The topological polar surface area (TPSA) is 86.8 Å². The fourth-order valence-electron chi connectivity index (χ4n) is 4.00. The molecule has 2 aromatic rings. The zero-order valence-corrected chi connectivity index (χ0v) is 22.4. The van der Waals surface area contributed by atoms with Gasteiger partial charge < -0.3 is 10.2 Å². The lowest BCUT2D eigenvalue weighted by molar-refractivity contribution is -0.141. The molecule has 1 unspecified atom stereocenters. The Bertz CT molecular complexity index is 1080. The molecule has 2 amide bonds. The molecule has 1 N–H and O–H groups in total. The number of benzene rings is 2. The van der Waals surface area contributed by atoms with E-state index in [1.807, 2.05) is 64.1 Å². The van der Waals surface area contributed by atoms with Gasteiger partial charge in [0, 0.05) is 26.1 Å². The lowest BCUT2D eigenvalue weighted by Gasteiger charge is -2.31. The number of anilines is 1. The van der Waals surface area contributed by atoms with E-state index in [-0.39, 0.29) is 24.8 Å². The van der Waals surface area contributed by atoms with Crippen molar-refractivity contribution in [2.75, 3.05) is 23.7 Å². The molecule has 0 aliphatic rings. The molecule has 2 rings (SSSR count). The summed E-state index contributed by atoms with van der Waals surface area (Å²) >= 11 is 0. The Hall–Kier alpha value is -2.87. The van der Waals surface area contributed by atoms with Gasteiger partial charge in [-0.05, 0) is 50.3 Å². The van der Waals surface area contributed by atoms with Crippen molar-refractivity contribution in [1.82, 2.24) is 10.2 Å². The molecule has 0 aliphatic carbocycles. The summed E-state index contributed by atoms with van der Waals surface area (Å²) in [6, 6.07) is 14.6. The van der Waals surface area contributed by atoms with E-state index < -0.39 is 16.1 Å². The lowest BCUT2D eigenvalue weighted by atomic mass is 10.1. The molecule has 0 aromatic heterocycles. The average Bonchev–Trinajstić information content (AvgIpc) is 2.81. The molecule has 0 fully saturated rings. The molecule has 0 saturated carbocycles. The Balaban J connectivity index is 2.20. The van der Waals surface area contributed by atoms with Crippen molar-refractivity contribution in [3.8, 4) is 0 Å². The molecule has 35 heavy (non-hydrogen) atoms. The highest BCUT2D eigenvalue weighted by Gasteiger charge is 2.28. The lowest BCUT2D eigenvalue weighted by Crippen LogP contribution is -2.49. The molecule has 0 aliphatic heterocycles. The van der Waals surface area contributed by atoms with Crippen LogP contribution >= 0.6 is 0 Å². The maximum atomic E-state index is 13.4. The number of carbonyl (C=O) groups is 2. The highest BCUT2D eigenvalue weighted by atomic mass is 32.2. The summed E-state index contributed by atoms with van der Waals surface area (Å²) in [7, 11) is -3.51. The molecule has 0 radical (unpaired) electrons. The van der Waals surface area contributed by atoms with Crippen LogP contribution < -0.4 is 9.62 Å². The largest absolute Gasteiger partial charge is 0.354 e. The highest BCUT2D eigenvalue weighted by Crippen LogP contribution is 2.23. The predicted octanol–water partition coefficient (Wildman–Crippen LogP) is 4.18. The van der Waals surface area contributed by atoms with Crippen molar-refractivity contribution in [1.29, 1.82) is 0 Å². The van der Waals surface area contributed by atoms with E-state index in [1.165, 1.54) is 10.6 Å². The van der Waals surface area contributed by atoms with Crippen LogP contribution in [0.4, 0.5) is 5.69 Å². The van der Waals surface area contributed by atoms with Crippen LogP contribution in [0, 0.1) is 13.8 Å². The SMILES string of the molecule is CCCNC(=O)C(CC)N(Cc1ccc(C)cc1)C(=O)CCCN(c1ccccc1C)S(C)(=O)=O. The van der Waals surface area contributed by atoms with Gasteiger partial charge in [0.05, 0.1) is 11.9 Å². The quantitative estimate of drug-likeness (QED) is 0.446. The van der Waals surface area contributed by atoms with Gasteiger partial charge in [0.15, 0.2) is 0 Å². The zero-order chi connectivity index (χ0) is 26.0. The maximum Gasteiger partial charge on any atom is 0.242 e. The van der Waals surface area contributed by atoms with Gasteiger partial charge >= 0.3 is 0 Å². The molecule has 192 valence electrons. The Morgan fingerprint density at radius 3 is 2.23 bits per heavy atom. The van der Waals surface area contributed by atoms with Crippen molar-refractivity contribution < 1.29 is 18.0 Å². The van der Waals surface area contributed by atoms with Gasteiger partial charge in [-0.3, -0.25) is 13.9 Å². The summed E-state index contributed by atoms with van der Waals surface area (Å²) in [4.78, 5) is 27.9. The highest BCUT2D eigenvalue weighted by molar-refractivity contribution is 7.92. The van der Waals surface area contributed by atoms with Crippen molar-refractivity contribution in [2.45, 2.75) is 66.0 Å². The first-order valence-corrected chi connectivity index (χ1v) is 14.1. The molecule has 0 spiro atoms. The standard InChI is InChI=1S/C27H39N3O4S/c1-6-18-28-27(32)24(7-2)29(20-23-16-14-21(3)15-17-23)26(31)13-10-19-30(35(5,33)34)25-12-9-8-11-22(25)4/h8-9,11-12,14-17,24H,6-7,10,13,18-20H2,1-5H3,(H,28,32). The van der Waals surface area contributed by atoms with E-state index in [1.54, 1.807) is 17.0 Å². The van der Waals surface area contributed by atoms with E-state index in [0.29, 0.717) is 31.6 Å². The number of nitrogens with one attached hydrogen (secondary N) is 1. The normalized spacial score (nSPS) is 12.1. The van der Waals surface area contributed by atoms with Gasteiger partial charge in [-0.2, -0.15) is 0 Å². The van der Waals surface area contributed by atoms with Crippen molar-refractivity contribution >= 4 is 27.5 Å². The van der Waals surface area contributed by atoms with Crippen molar-refractivity contribution in [3.63, 3.8) is 0 Å². The third kappa shape index (κ3) is 8.38. The van der Waals surface area contributed by atoms with Crippen LogP contribution in [-0.4, -0.2) is 50.5 Å². The van der Waals surface area contributed by atoms with Gasteiger partial charge in [0.25, 0.3) is 0 Å². The average molecular weight is 502 g/mol. The van der Waals surface area contributed by atoms with Gasteiger partial charge in [-0.25, -0.2) is 8.42 Å². The third-order valence-electron chi connectivity index (χ3n) is 5.94. The number of rotatable bonds is 13. The molecule has 7 nitrogen and oxygen atoms in total. The minimum absolute atomic E-state index is 0.140. The third-order valence-corrected chi connectivity index (χ3v) is 7.12. The Morgan fingerprint density at radius 1 is 1.00 bits per heavy atom. The number of carbonyl (C=O) groups excluding carboxylic acids is 2.